The van der Waals surface area contributed by atoms with Crippen molar-refractivity contribution in [2.24, 2.45) is 0 Å². The Labute approximate surface area is 117 Å². The highest BCUT2D eigenvalue weighted by molar-refractivity contribution is 5.02. The van der Waals surface area contributed by atoms with Gasteiger partial charge in [-0.05, 0) is 51.5 Å². The minimum Gasteiger partial charge on any atom is -0.314 e. The van der Waals surface area contributed by atoms with Gasteiger partial charge in [0.05, 0.1) is 5.69 Å². The lowest BCUT2D eigenvalue weighted by atomic mass is 9.95. The predicted octanol–water partition coefficient (Wildman–Crippen LogP) is 2.83. The third-order valence-electron chi connectivity index (χ3n) is 3.91. The zero-order valence-electron chi connectivity index (χ0n) is 12.1. The standard InChI is InChI=1S/C16H27N3/c1-19(14-16-10-5-6-11-18-16)13-7-12-17-15-8-3-2-4-9-15/h5-6,10-11,15,17H,2-4,7-9,12-14H2,1H3. The molecule has 1 aliphatic rings. The molecule has 1 heterocycles. The average molecular weight is 261 g/mol. The van der Waals surface area contributed by atoms with E-state index in [0.29, 0.717) is 0 Å². The van der Waals surface area contributed by atoms with Crippen LogP contribution < -0.4 is 5.32 Å². The summed E-state index contributed by atoms with van der Waals surface area (Å²) in [5.74, 6) is 0. The van der Waals surface area contributed by atoms with Crippen molar-refractivity contribution in [3.63, 3.8) is 0 Å². The van der Waals surface area contributed by atoms with Gasteiger partial charge in [-0.15, -0.1) is 0 Å². The number of nitrogens with one attached hydrogen (secondary N) is 1. The quantitative estimate of drug-likeness (QED) is 0.765. The number of pyridine rings is 1. The van der Waals surface area contributed by atoms with Gasteiger partial charge in [-0.3, -0.25) is 4.98 Å². The van der Waals surface area contributed by atoms with Crippen LogP contribution in [-0.2, 0) is 6.54 Å². The molecule has 0 amide bonds. The summed E-state index contributed by atoms with van der Waals surface area (Å²) in [6.07, 6.45) is 10.1. The lowest BCUT2D eigenvalue weighted by molar-refractivity contribution is 0.305. The number of rotatable bonds is 7. The van der Waals surface area contributed by atoms with E-state index in [1.807, 2.05) is 12.3 Å². The predicted molar refractivity (Wildman–Crippen MR) is 80.1 cm³/mol. The first-order valence-electron chi connectivity index (χ1n) is 7.66. The molecule has 0 radical (unpaired) electrons. The van der Waals surface area contributed by atoms with Crippen molar-refractivity contribution >= 4 is 0 Å². The molecule has 1 aliphatic carbocycles. The lowest BCUT2D eigenvalue weighted by Crippen LogP contribution is -2.33. The van der Waals surface area contributed by atoms with Crippen molar-refractivity contribution in [1.82, 2.24) is 15.2 Å². The van der Waals surface area contributed by atoms with Crippen molar-refractivity contribution in [2.75, 3.05) is 20.1 Å². The maximum atomic E-state index is 4.36. The van der Waals surface area contributed by atoms with Gasteiger partial charge in [0.15, 0.2) is 0 Å². The Morgan fingerprint density at radius 3 is 2.84 bits per heavy atom. The summed E-state index contributed by atoms with van der Waals surface area (Å²) in [7, 11) is 2.18. The Morgan fingerprint density at radius 1 is 1.26 bits per heavy atom. The van der Waals surface area contributed by atoms with Crippen LogP contribution >= 0.6 is 0 Å². The molecule has 0 atom stereocenters. The van der Waals surface area contributed by atoms with Crippen molar-refractivity contribution in [3.8, 4) is 0 Å². The average Bonchev–Trinajstić information content (AvgIpc) is 2.46. The van der Waals surface area contributed by atoms with Crippen LogP contribution in [0.5, 0.6) is 0 Å². The van der Waals surface area contributed by atoms with Crippen LogP contribution in [0.15, 0.2) is 24.4 Å². The van der Waals surface area contributed by atoms with Crippen molar-refractivity contribution in [3.05, 3.63) is 30.1 Å². The second-order valence-electron chi connectivity index (χ2n) is 5.70. The number of hydrogen-bond acceptors (Lipinski definition) is 3. The molecule has 0 aliphatic heterocycles. The molecule has 1 aromatic heterocycles. The fourth-order valence-electron chi connectivity index (χ4n) is 2.81. The van der Waals surface area contributed by atoms with E-state index < -0.39 is 0 Å². The molecule has 1 fully saturated rings. The summed E-state index contributed by atoms with van der Waals surface area (Å²) < 4.78 is 0. The van der Waals surface area contributed by atoms with Gasteiger partial charge in [-0.2, -0.15) is 0 Å². The summed E-state index contributed by atoms with van der Waals surface area (Å²) in [4.78, 5) is 6.72. The number of nitrogens with zero attached hydrogens (tertiary/aromatic N) is 2. The van der Waals surface area contributed by atoms with Gasteiger partial charge in [0.1, 0.15) is 0 Å². The maximum absolute atomic E-state index is 4.36. The van der Waals surface area contributed by atoms with Crippen LogP contribution in [0.3, 0.4) is 0 Å². The Balaban J connectivity index is 1.55. The number of aromatic nitrogens is 1. The normalized spacial score (nSPS) is 16.9. The minimum absolute atomic E-state index is 0.787. The molecule has 0 spiro atoms. The molecular weight excluding hydrogens is 234 g/mol. The first-order chi connectivity index (χ1) is 9.34. The summed E-state index contributed by atoms with van der Waals surface area (Å²) in [6, 6.07) is 6.91. The number of hydrogen-bond donors (Lipinski definition) is 1. The van der Waals surface area contributed by atoms with Gasteiger partial charge >= 0.3 is 0 Å². The Kier molecular flexibility index (Phi) is 6.31. The molecule has 0 saturated heterocycles. The molecule has 1 saturated carbocycles. The van der Waals surface area contributed by atoms with Gasteiger partial charge < -0.3 is 10.2 Å². The van der Waals surface area contributed by atoms with Crippen molar-refractivity contribution in [1.29, 1.82) is 0 Å². The van der Waals surface area contributed by atoms with Gasteiger partial charge in [0.25, 0.3) is 0 Å². The third kappa shape index (κ3) is 5.70. The molecule has 0 aromatic carbocycles. The smallest absolute Gasteiger partial charge is 0.0543 e. The molecule has 3 heteroatoms. The largest absolute Gasteiger partial charge is 0.314 e. The van der Waals surface area contributed by atoms with Crippen LogP contribution in [0.1, 0.15) is 44.2 Å². The molecule has 0 unspecified atom stereocenters. The monoisotopic (exact) mass is 261 g/mol. The topological polar surface area (TPSA) is 28.2 Å². The van der Waals surface area contributed by atoms with Gasteiger partial charge in [0, 0.05) is 18.8 Å². The fourth-order valence-corrected chi connectivity index (χ4v) is 2.81. The molecular formula is C16H27N3. The Bertz CT molecular complexity index is 333. The van der Waals surface area contributed by atoms with Crippen LogP contribution in [0.25, 0.3) is 0 Å². The van der Waals surface area contributed by atoms with Gasteiger partial charge in [-0.1, -0.05) is 25.3 Å². The zero-order valence-corrected chi connectivity index (χ0v) is 12.1. The SMILES string of the molecule is CN(CCCNC1CCCCC1)Cc1ccccn1. The molecule has 1 aromatic rings. The first-order valence-corrected chi connectivity index (χ1v) is 7.66. The molecule has 2 rings (SSSR count). The summed E-state index contributed by atoms with van der Waals surface area (Å²) in [6.45, 7) is 3.23. The fraction of sp³-hybridized carbons (Fsp3) is 0.688. The highest BCUT2D eigenvalue weighted by atomic mass is 15.1. The minimum atomic E-state index is 0.787. The van der Waals surface area contributed by atoms with Crippen molar-refractivity contribution in [2.45, 2.75) is 51.1 Å². The van der Waals surface area contributed by atoms with E-state index in [-0.39, 0.29) is 0 Å². The van der Waals surface area contributed by atoms with Crippen molar-refractivity contribution < 1.29 is 0 Å². The molecule has 0 bridgehead atoms. The van der Waals surface area contributed by atoms with Crippen LogP contribution in [0, 0.1) is 0 Å². The Hall–Kier alpha value is -0.930. The maximum Gasteiger partial charge on any atom is 0.0543 e. The summed E-state index contributed by atoms with van der Waals surface area (Å²) >= 11 is 0. The van der Waals surface area contributed by atoms with E-state index in [1.165, 1.54) is 38.5 Å². The van der Waals surface area contributed by atoms with E-state index in [2.05, 4.69) is 34.4 Å². The molecule has 106 valence electrons. The van der Waals surface area contributed by atoms with E-state index in [0.717, 1.165) is 31.4 Å². The van der Waals surface area contributed by atoms with E-state index >= 15 is 0 Å². The third-order valence-corrected chi connectivity index (χ3v) is 3.91. The van der Waals surface area contributed by atoms with Gasteiger partial charge in [0.2, 0.25) is 0 Å². The zero-order chi connectivity index (χ0) is 13.3. The lowest BCUT2D eigenvalue weighted by Gasteiger charge is -2.23. The Morgan fingerprint density at radius 2 is 2.11 bits per heavy atom. The molecule has 19 heavy (non-hydrogen) atoms. The van der Waals surface area contributed by atoms with Crippen LogP contribution in [0.4, 0.5) is 0 Å². The highest BCUT2D eigenvalue weighted by Crippen LogP contribution is 2.17. The van der Waals surface area contributed by atoms with E-state index in [4.69, 9.17) is 0 Å². The van der Waals surface area contributed by atoms with Crippen LogP contribution in [-0.4, -0.2) is 36.1 Å². The summed E-state index contributed by atoms with van der Waals surface area (Å²) in [5, 5.41) is 3.70. The second-order valence-corrected chi connectivity index (χ2v) is 5.70. The van der Waals surface area contributed by atoms with Crippen LogP contribution in [0.2, 0.25) is 0 Å². The highest BCUT2D eigenvalue weighted by Gasteiger charge is 2.11. The first kappa shape index (κ1) is 14.5. The van der Waals surface area contributed by atoms with E-state index in [1.54, 1.807) is 0 Å². The second kappa shape index (κ2) is 8.28. The summed E-state index contributed by atoms with van der Waals surface area (Å²) in [5.41, 5.74) is 1.16. The molecule has 1 N–H and O–H groups in total. The van der Waals surface area contributed by atoms with E-state index in [9.17, 15) is 0 Å². The van der Waals surface area contributed by atoms with Gasteiger partial charge in [-0.25, -0.2) is 0 Å². The molecule has 3 nitrogen and oxygen atoms in total.